The number of carbonyl (C=O) groups is 1. The minimum atomic E-state index is -2.60. The lowest BCUT2D eigenvalue weighted by molar-refractivity contribution is -0.198. The van der Waals surface area contributed by atoms with Gasteiger partial charge in [0.15, 0.2) is 11.5 Å². The molecule has 0 unspecified atom stereocenters. The summed E-state index contributed by atoms with van der Waals surface area (Å²) in [7, 11) is 5.15. The first kappa shape index (κ1) is 24.6. The van der Waals surface area contributed by atoms with Gasteiger partial charge in [0.25, 0.3) is 5.91 Å². The number of hydrogen-bond donors (Lipinski definition) is 0. The highest BCUT2D eigenvalue weighted by Gasteiger charge is 2.79. The number of amides is 1. The Morgan fingerprint density at radius 1 is 1.15 bits per heavy atom. The maximum atomic E-state index is 14.2. The van der Waals surface area contributed by atoms with Gasteiger partial charge in [-0.1, -0.05) is 12.1 Å². The first-order valence-corrected chi connectivity index (χ1v) is 14.7. The lowest BCUT2D eigenvalue weighted by Crippen LogP contribution is -2.78. The van der Waals surface area contributed by atoms with Crippen LogP contribution in [0.15, 0.2) is 23.8 Å². The summed E-state index contributed by atoms with van der Waals surface area (Å²) in [5.74, 6) is -0.518. The predicted molar refractivity (Wildman–Crippen MR) is 140 cm³/mol. The van der Waals surface area contributed by atoms with Crippen LogP contribution >= 0.6 is 0 Å². The zero-order valence-electron chi connectivity index (χ0n) is 23.1. The third-order valence-electron chi connectivity index (χ3n) is 11.7. The van der Waals surface area contributed by atoms with Gasteiger partial charge in [0.05, 0.1) is 12.5 Å². The Morgan fingerprint density at radius 2 is 1.95 bits per heavy atom. The second kappa shape index (κ2) is 7.75. The molecule has 39 heavy (non-hydrogen) atoms. The summed E-state index contributed by atoms with van der Waals surface area (Å²) in [5, 5.41) is 0. The standard InChI is InChI=1S/C31H38F2N2O4/c1-34(16-19-13-29(32,33)14-19)26(36)21-15-28-8-9-31(21,38-3)27-30(28)10-11-35(17-18-4-5-18)23(28)12-20-6-7-22(37-2)25(39-27)24(20)30/h6-7,15,18-19,23,27H,4-5,8-14,16-17H2,1-3H3/t23-,27-,28-,30+,31-/m1/s1. The molecule has 8 heteroatoms. The number of ether oxygens (including phenoxy) is 3. The fraction of sp³-hybridized carbons (Fsp3) is 0.710. The molecule has 3 saturated carbocycles. The topological polar surface area (TPSA) is 51.2 Å². The van der Waals surface area contributed by atoms with Crippen molar-refractivity contribution in [1.29, 1.82) is 0 Å². The van der Waals surface area contributed by atoms with Crippen LogP contribution in [0.4, 0.5) is 8.78 Å². The molecular formula is C31H38F2N2O4. The second-order valence-corrected chi connectivity index (χ2v) is 13.5. The van der Waals surface area contributed by atoms with Gasteiger partial charge in [-0.3, -0.25) is 9.69 Å². The fourth-order valence-electron chi connectivity index (χ4n) is 9.84. The number of rotatable bonds is 7. The first-order valence-electron chi connectivity index (χ1n) is 14.7. The minimum Gasteiger partial charge on any atom is -0.493 e. The van der Waals surface area contributed by atoms with Crippen molar-refractivity contribution in [3.8, 4) is 11.5 Å². The highest BCUT2D eigenvalue weighted by Crippen LogP contribution is 2.75. The lowest BCUT2D eigenvalue weighted by Gasteiger charge is -2.70. The summed E-state index contributed by atoms with van der Waals surface area (Å²) in [5.41, 5.74) is 1.88. The predicted octanol–water partition coefficient (Wildman–Crippen LogP) is 4.34. The van der Waals surface area contributed by atoms with E-state index in [0.717, 1.165) is 49.8 Å². The van der Waals surface area contributed by atoms with E-state index in [2.05, 4.69) is 17.0 Å². The summed E-state index contributed by atoms with van der Waals surface area (Å²) < 4.78 is 46.4. The molecule has 1 saturated heterocycles. The van der Waals surface area contributed by atoms with E-state index in [9.17, 15) is 13.6 Å². The maximum absolute atomic E-state index is 14.2. The van der Waals surface area contributed by atoms with Gasteiger partial charge in [0.1, 0.15) is 11.7 Å². The van der Waals surface area contributed by atoms with E-state index < -0.39 is 11.5 Å². The Kier molecular flexibility index (Phi) is 4.89. The number of carbonyl (C=O) groups excluding carboxylic acids is 1. The maximum Gasteiger partial charge on any atom is 0.252 e. The molecule has 1 aromatic carbocycles. The molecule has 8 aliphatic rings. The van der Waals surface area contributed by atoms with E-state index in [1.54, 1.807) is 26.2 Å². The van der Waals surface area contributed by atoms with Gasteiger partial charge in [-0.2, -0.15) is 0 Å². The SMILES string of the molecule is COc1ccc2c3c1O[C@@H]1[C@]34CCN(CC3CC3)[C@H](C2)[C@@]42C=C(C(=O)N(C)CC3CC(F)(F)C3)[C@]1(OC)CC2. The molecule has 1 amide bonds. The third kappa shape index (κ3) is 2.95. The molecule has 0 N–H and O–H groups in total. The van der Waals surface area contributed by atoms with E-state index in [4.69, 9.17) is 14.2 Å². The van der Waals surface area contributed by atoms with Gasteiger partial charge in [-0.25, -0.2) is 8.78 Å². The van der Waals surface area contributed by atoms with E-state index in [1.165, 1.54) is 24.0 Å². The van der Waals surface area contributed by atoms with E-state index in [-0.39, 0.29) is 41.6 Å². The van der Waals surface area contributed by atoms with Crippen LogP contribution in [0.3, 0.4) is 0 Å². The molecule has 0 aromatic heterocycles. The number of benzene rings is 1. The van der Waals surface area contributed by atoms with Crippen molar-refractivity contribution < 1.29 is 27.8 Å². The Balaban J connectivity index is 1.27. The molecule has 4 bridgehead atoms. The summed E-state index contributed by atoms with van der Waals surface area (Å²) in [4.78, 5) is 18.6. The van der Waals surface area contributed by atoms with Gasteiger partial charge in [-0.05, 0) is 68.5 Å². The molecule has 0 radical (unpaired) electrons. The van der Waals surface area contributed by atoms with Crippen molar-refractivity contribution in [3.05, 3.63) is 34.9 Å². The molecule has 1 aromatic rings. The van der Waals surface area contributed by atoms with Gasteiger partial charge < -0.3 is 19.1 Å². The molecule has 9 rings (SSSR count). The van der Waals surface area contributed by atoms with Crippen LogP contribution in [0.1, 0.15) is 56.1 Å². The number of likely N-dealkylation sites (tertiary alicyclic amines) is 1. The van der Waals surface area contributed by atoms with Crippen LogP contribution in [0.5, 0.6) is 11.5 Å². The summed E-state index contributed by atoms with van der Waals surface area (Å²) in [6, 6.07) is 4.55. The number of methoxy groups -OCH3 is 2. The van der Waals surface area contributed by atoms with Crippen LogP contribution in [0, 0.1) is 17.3 Å². The smallest absolute Gasteiger partial charge is 0.252 e. The molecule has 210 valence electrons. The molecule has 5 atom stereocenters. The van der Waals surface area contributed by atoms with E-state index in [1.807, 2.05) is 6.07 Å². The van der Waals surface area contributed by atoms with Crippen LogP contribution < -0.4 is 9.47 Å². The van der Waals surface area contributed by atoms with Gasteiger partial charge in [-0.15, -0.1) is 0 Å². The number of hydrogen-bond acceptors (Lipinski definition) is 5. The van der Waals surface area contributed by atoms with Crippen molar-refractivity contribution in [2.45, 2.75) is 80.5 Å². The fourth-order valence-corrected chi connectivity index (χ4v) is 9.84. The summed E-state index contributed by atoms with van der Waals surface area (Å²) in [6.45, 7) is 2.48. The average Bonchev–Trinajstić information content (AvgIpc) is 3.65. The largest absolute Gasteiger partial charge is 0.493 e. The number of alkyl halides is 2. The summed E-state index contributed by atoms with van der Waals surface area (Å²) >= 11 is 0. The molecule has 2 aliphatic heterocycles. The number of likely N-dealkylation sites (N-methyl/N-ethyl adjacent to an activating group) is 1. The van der Waals surface area contributed by atoms with Crippen molar-refractivity contribution in [3.63, 3.8) is 0 Å². The number of fused-ring (bicyclic) bond motifs is 1. The van der Waals surface area contributed by atoms with Crippen molar-refractivity contribution >= 4 is 5.91 Å². The van der Waals surface area contributed by atoms with E-state index >= 15 is 0 Å². The normalized spacial score (nSPS) is 38.9. The molecular weight excluding hydrogens is 502 g/mol. The van der Waals surface area contributed by atoms with Crippen LogP contribution in [0.25, 0.3) is 0 Å². The number of halogens is 2. The van der Waals surface area contributed by atoms with Crippen molar-refractivity contribution in [2.75, 3.05) is 40.9 Å². The quantitative estimate of drug-likeness (QED) is 0.515. The Labute approximate surface area is 228 Å². The number of piperidine rings is 1. The molecule has 6 aliphatic carbocycles. The first-order chi connectivity index (χ1) is 18.7. The molecule has 2 heterocycles. The lowest BCUT2D eigenvalue weighted by atomic mass is 9.37. The minimum absolute atomic E-state index is 0.106. The summed E-state index contributed by atoms with van der Waals surface area (Å²) in [6.07, 6.45) is 7.85. The highest BCUT2D eigenvalue weighted by molar-refractivity contribution is 5.97. The zero-order valence-corrected chi connectivity index (χ0v) is 23.1. The van der Waals surface area contributed by atoms with Crippen LogP contribution in [-0.4, -0.2) is 80.3 Å². The highest BCUT2D eigenvalue weighted by atomic mass is 19.3. The average molecular weight is 541 g/mol. The van der Waals surface area contributed by atoms with Gasteiger partial charge >= 0.3 is 0 Å². The molecule has 6 nitrogen and oxygen atoms in total. The Hall–Kier alpha value is -2.19. The van der Waals surface area contributed by atoms with Gasteiger partial charge in [0.2, 0.25) is 5.92 Å². The van der Waals surface area contributed by atoms with Crippen molar-refractivity contribution in [1.82, 2.24) is 9.80 Å². The van der Waals surface area contributed by atoms with Crippen LogP contribution in [-0.2, 0) is 21.4 Å². The Bertz CT molecular complexity index is 1290. The van der Waals surface area contributed by atoms with E-state index in [0.29, 0.717) is 24.6 Å². The Morgan fingerprint density at radius 3 is 2.64 bits per heavy atom. The number of nitrogens with zero attached hydrogens (tertiary/aromatic N) is 2. The third-order valence-corrected chi connectivity index (χ3v) is 11.7. The monoisotopic (exact) mass is 540 g/mol. The molecule has 4 fully saturated rings. The molecule has 2 spiro atoms. The van der Waals surface area contributed by atoms with Crippen LogP contribution in [0.2, 0.25) is 0 Å². The zero-order chi connectivity index (χ0) is 26.9. The van der Waals surface area contributed by atoms with Crippen molar-refractivity contribution in [2.24, 2.45) is 17.3 Å². The van der Waals surface area contributed by atoms with Gasteiger partial charge in [0, 0.05) is 62.7 Å². The second-order valence-electron chi connectivity index (χ2n) is 13.5.